The molecule has 5 nitrogen and oxygen atoms in total. The van der Waals surface area contributed by atoms with Crippen LogP contribution in [0.2, 0.25) is 5.02 Å². The van der Waals surface area contributed by atoms with Crippen molar-refractivity contribution in [2.45, 2.75) is 0 Å². The Morgan fingerprint density at radius 3 is 2.70 bits per heavy atom. The molecule has 23 heavy (non-hydrogen) atoms. The molecule has 3 N–H and O–H groups in total. The van der Waals surface area contributed by atoms with Gasteiger partial charge < -0.3 is 15.3 Å². The molecule has 0 fully saturated rings. The van der Waals surface area contributed by atoms with Crippen LogP contribution in [0, 0.1) is 5.82 Å². The minimum Gasteiger partial charge on any atom is -0.508 e. The molecule has 0 saturated heterocycles. The van der Waals surface area contributed by atoms with Gasteiger partial charge in [-0.25, -0.2) is 9.38 Å². The van der Waals surface area contributed by atoms with Crippen molar-refractivity contribution in [3.8, 4) is 5.75 Å². The molecule has 116 valence electrons. The number of benzene rings is 2. The van der Waals surface area contributed by atoms with Crippen molar-refractivity contribution in [2.24, 2.45) is 10.7 Å². The zero-order chi connectivity index (χ0) is 16.6. The molecular formula is C16H10ClFN2O3. The number of hydrogen-bond acceptors (Lipinski definition) is 4. The topological polar surface area (TPSA) is 88.8 Å². The normalized spacial score (nSPS) is 11.8. The van der Waals surface area contributed by atoms with Crippen LogP contribution >= 0.6 is 11.6 Å². The maximum Gasteiger partial charge on any atom is 0.254 e. The Morgan fingerprint density at radius 1 is 1.22 bits per heavy atom. The Labute approximate surface area is 134 Å². The third kappa shape index (κ3) is 3.02. The standard InChI is InChI=1S/C16H10ClFN2O3/c17-12-6-9(18)2-4-13(12)20-16-11(15(19)22)5-8-1-3-10(21)7-14(8)23-16/h1-7,21H,(H2,19,22). The van der Waals surface area contributed by atoms with E-state index >= 15 is 0 Å². The van der Waals surface area contributed by atoms with Gasteiger partial charge in [-0.2, -0.15) is 0 Å². The average molecular weight is 333 g/mol. The van der Waals surface area contributed by atoms with E-state index in [0.29, 0.717) is 11.0 Å². The number of amides is 1. The van der Waals surface area contributed by atoms with Crippen LogP contribution in [0.5, 0.6) is 5.75 Å². The molecule has 0 saturated carbocycles. The largest absolute Gasteiger partial charge is 0.508 e. The third-order valence-electron chi connectivity index (χ3n) is 3.13. The molecule has 1 aromatic heterocycles. The number of primary amides is 1. The van der Waals surface area contributed by atoms with E-state index < -0.39 is 11.7 Å². The maximum atomic E-state index is 13.1. The molecule has 0 aliphatic rings. The highest BCUT2D eigenvalue weighted by Gasteiger charge is 2.11. The molecule has 0 spiro atoms. The molecule has 0 unspecified atom stereocenters. The quantitative estimate of drug-likeness (QED) is 0.754. The molecule has 3 aromatic rings. The minimum absolute atomic E-state index is 0.00107. The van der Waals surface area contributed by atoms with Crippen molar-refractivity contribution in [3.63, 3.8) is 0 Å². The minimum atomic E-state index is -0.735. The summed E-state index contributed by atoms with van der Waals surface area (Å²) in [5, 5.41) is 10.2. The first-order chi connectivity index (χ1) is 10.9. The van der Waals surface area contributed by atoms with Gasteiger partial charge in [0, 0.05) is 11.5 Å². The molecule has 0 atom stereocenters. The lowest BCUT2D eigenvalue weighted by Gasteiger charge is -2.03. The van der Waals surface area contributed by atoms with E-state index in [1.807, 2.05) is 0 Å². The Kier molecular flexibility index (Phi) is 3.75. The number of nitrogens with zero attached hydrogens (tertiary/aromatic N) is 1. The highest BCUT2D eigenvalue weighted by molar-refractivity contribution is 6.32. The van der Waals surface area contributed by atoms with Crippen LogP contribution in [0.25, 0.3) is 11.0 Å². The highest BCUT2D eigenvalue weighted by atomic mass is 35.5. The summed E-state index contributed by atoms with van der Waals surface area (Å²) in [6.07, 6.45) is 0. The van der Waals surface area contributed by atoms with Gasteiger partial charge in [0.25, 0.3) is 5.91 Å². The second-order valence-corrected chi connectivity index (χ2v) is 5.17. The molecule has 7 heteroatoms. The Balaban J connectivity index is 2.31. The zero-order valence-corrected chi connectivity index (χ0v) is 12.3. The monoisotopic (exact) mass is 332 g/mol. The van der Waals surface area contributed by atoms with E-state index in [1.165, 1.54) is 30.3 Å². The summed E-state index contributed by atoms with van der Waals surface area (Å²) < 4.78 is 18.6. The van der Waals surface area contributed by atoms with Gasteiger partial charge in [0.15, 0.2) is 0 Å². The predicted octanol–water partition coefficient (Wildman–Crippen LogP) is 3.26. The SMILES string of the molecule is NC(=O)c1cc2ccc(O)cc2oc1=Nc1ccc(F)cc1Cl. The van der Waals surface area contributed by atoms with Crippen LogP contribution in [0.15, 0.2) is 51.9 Å². The molecule has 3 rings (SSSR count). The van der Waals surface area contributed by atoms with Gasteiger partial charge in [0.05, 0.1) is 10.7 Å². The molecule has 0 aliphatic heterocycles. The molecule has 0 aliphatic carbocycles. The first-order valence-electron chi connectivity index (χ1n) is 6.50. The number of fused-ring (bicyclic) bond motifs is 1. The van der Waals surface area contributed by atoms with Gasteiger partial charge in [0.2, 0.25) is 5.55 Å². The number of hydrogen-bond donors (Lipinski definition) is 2. The van der Waals surface area contributed by atoms with Crippen LogP contribution in [0.3, 0.4) is 0 Å². The van der Waals surface area contributed by atoms with Crippen LogP contribution in [-0.4, -0.2) is 11.0 Å². The van der Waals surface area contributed by atoms with Crippen LogP contribution in [0.1, 0.15) is 10.4 Å². The summed E-state index contributed by atoms with van der Waals surface area (Å²) in [6.45, 7) is 0. The molecule has 2 aromatic carbocycles. The summed E-state index contributed by atoms with van der Waals surface area (Å²) in [5.41, 5.74) is 5.85. The second-order valence-electron chi connectivity index (χ2n) is 4.76. The van der Waals surface area contributed by atoms with Crippen molar-refractivity contribution in [2.75, 3.05) is 0 Å². The van der Waals surface area contributed by atoms with Crippen molar-refractivity contribution < 1.29 is 18.7 Å². The van der Waals surface area contributed by atoms with Gasteiger partial charge in [0.1, 0.15) is 22.7 Å². The Hall–Kier alpha value is -2.86. The average Bonchev–Trinajstić information content (AvgIpc) is 2.49. The van der Waals surface area contributed by atoms with Crippen molar-refractivity contribution in [3.05, 3.63) is 64.4 Å². The summed E-state index contributed by atoms with van der Waals surface area (Å²) in [5.74, 6) is -1.25. The summed E-state index contributed by atoms with van der Waals surface area (Å²) in [4.78, 5) is 15.8. The third-order valence-corrected chi connectivity index (χ3v) is 3.43. The number of halogens is 2. The van der Waals surface area contributed by atoms with Crippen molar-refractivity contribution in [1.29, 1.82) is 0 Å². The molecular weight excluding hydrogens is 323 g/mol. The van der Waals surface area contributed by atoms with Crippen LogP contribution < -0.4 is 11.3 Å². The van der Waals surface area contributed by atoms with Crippen molar-refractivity contribution >= 4 is 34.2 Å². The second kappa shape index (κ2) is 5.73. The lowest BCUT2D eigenvalue weighted by atomic mass is 10.1. The summed E-state index contributed by atoms with van der Waals surface area (Å²) >= 11 is 5.92. The Bertz CT molecular complexity index is 998. The lowest BCUT2D eigenvalue weighted by Crippen LogP contribution is -2.21. The molecule has 1 amide bonds. The van der Waals surface area contributed by atoms with E-state index in [2.05, 4.69) is 4.99 Å². The van der Waals surface area contributed by atoms with E-state index in [4.69, 9.17) is 21.8 Å². The van der Waals surface area contributed by atoms with Crippen LogP contribution in [0.4, 0.5) is 10.1 Å². The predicted molar refractivity (Wildman–Crippen MR) is 83.0 cm³/mol. The van der Waals surface area contributed by atoms with Gasteiger partial charge in [-0.1, -0.05) is 11.6 Å². The van der Waals surface area contributed by atoms with Gasteiger partial charge in [-0.15, -0.1) is 0 Å². The van der Waals surface area contributed by atoms with E-state index in [1.54, 1.807) is 6.07 Å². The summed E-state index contributed by atoms with van der Waals surface area (Å²) in [7, 11) is 0. The van der Waals surface area contributed by atoms with E-state index in [0.717, 1.165) is 6.07 Å². The number of phenolic OH excluding ortho intramolecular Hbond substituents is 1. The number of rotatable bonds is 2. The highest BCUT2D eigenvalue weighted by Crippen LogP contribution is 2.25. The fourth-order valence-corrected chi connectivity index (χ4v) is 2.26. The number of carbonyl (C=O) groups is 1. The van der Waals surface area contributed by atoms with Crippen LogP contribution in [-0.2, 0) is 0 Å². The van der Waals surface area contributed by atoms with Gasteiger partial charge in [-0.05, 0) is 36.4 Å². The molecule has 1 heterocycles. The molecule has 0 radical (unpaired) electrons. The zero-order valence-electron chi connectivity index (χ0n) is 11.6. The fraction of sp³-hybridized carbons (Fsp3) is 0. The van der Waals surface area contributed by atoms with E-state index in [-0.39, 0.29) is 27.6 Å². The molecule has 0 bridgehead atoms. The number of carbonyl (C=O) groups excluding carboxylic acids is 1. The number of phenols is 1. The summed E-state index contributed by atoms with van der Waals surface area (Å²) in [6, 6.07) is 9.54. The first kappa shape index (κ1) is 15.1. The number of nitrogens with two attached hydrogens (primary N) is 1. The van der Waals surface area contributed by atoms with Gasteiger partial charge in [-0.3, -0.25) is 4.79 Å². The smallest absolute Gasteiger partial charge is 0.254 e. The lowest BCUT2D eigenvalue weighted by molar-refractivity contribution is 0.0996. The van der Waals surface area contributed by atoms with E-state index in [9.17, 15) is 14.3 Å². The maximum absolute atomic E-state index is 13.1. The Morgan fingerprint density at radius 2 is 2.00 bits per heavy atom. The first-order valence-corrected chi connectivity index (χ1v) is 6.88. The number of aromatic hydroxyl groups is 1. The fourth-order valence-electron chi connectivity index (χ4n) is 2.05. The van der Waals surface area contributed by atoms with Crippen molar-refractivity contribution in [1.82, 2.24) is 0 Å². The van der Waals surface area contributed by atoms with Gasteiger partial charge >= 0.3 is 0 Å².